The fraction of sp³-hybridized carbons (Fsp3) is 0.167. The lowest BCUT2D eigenvalue weighted by molar-refractivity contribution is 0.0523. The molecule has 0 aliphatic rings. The van der Waals surface area contributed by atoms with Crippen LogP contribution < -0.4 is 5.56 Å². The predicted molar refractivity (Wildman–Crippen MR) is 123 cm³/mol. The summed E-state index contributed by atoms with van der Waals surface area (Å²) in [6.45, 7) is 1.98. The summed E-state index contributed by atoms with van der Waals surface area (Å²) in [4.78, 5) is 42.2. The summed E-state index contributed by atoms with van der Waals surface area (Å²) < 4.78 is 16.8. The van der Waals surface area contributed by atoms with Gasteiger partial charge in [-0.1, -0.05) is 30.0 Å². The first kappa shape index (κ1) is 22.3. The highest BCUT2D eigenvalue weighted by atomic mass is 32.2. The van der Waals surface area contributed by atoms with Crippen LogP contribution in [0.1, 0.15) is 33.4 Å². The van der Waals surface area contributed by atoms with Crippen LogP contribution in [0.2, 0.25) is 0 Å². The van der Waals surface area contributed by atoms with Crippen LogP contribution in [0.15, 0.2) is 75.2 Å². The van der Waals surface area contributed by atoms with E-state index in [2.05, 4.69) is 4.98 Å². The zero-order chi connectivity index (χ0) is 23.4. The number of para-hydroxylation sites is 1. The average molecular weight is 464 g/mol. The first-order chi connectivity index (χ1) is 16.0. The van der Waals surface area contributed by atoms with Crippen LogP contribution in [0.3, 0.4) is 0 Å². The minimum Gasteiger partial charge on any atom is -0.468 e. The molecule has 0 unspecified atom stereocenters. The van der Waals surface area contributed by atoms with Crippen molar-refractivity contribution in [2.24, 2.45) is 0 Å². The van der Waals surface area contributed by atoms with Gasteiger partial charge in [0.2, 0.25) is 0 Å². The maximum Gasteiger partial charge on any atom is 0.341 e. The SMILES string of the molecule is CCOC(=O)c1ccoc1CSc1nc2cc(C(=O)OC)ccc2c(=O)n1-c1ccccc1. The first-order valence-electron chi connectivity index (χ1n) is 10.1. The van der Waals surface area contributed by atoms with Crippen molar-refractivity contribution in [2.75, 3.05) is 13.7 Å². The molecular formula is C24H20N2O6S. The normalized spacial score (nSPS) is 10.8. The number of aromatic nitrogens is 2. The number of hydrogen-bond donors (Lipinski definition) is 0. The van der Waals surface area contributed by atoms with Crippen molar-refractivity contribution in [3.05, 3.63) is 88.1 Å². The van der Waals surface area contributed by atoms with Crippen LogP contribution in [0.5, 0.6) is 0 Å². The van der Waals surface area contributed by atoms with Gasteiger partial charge >= 0.3 is 11.9 Å². The Morgan fingerprint density at radius 1 is 1.09 bits per heavy atom. The molecule has 0 fully saturated rings. The molecule has 9 heteroatoms. The maximum absolute atomic E-state index is 13.4. The second kappa shape index (κ2) is 9.74. The van der Waals surface area contributed by atoms with Crippen LogP contribution >= 0.6 is 11.8 Å². The molecule has 2 heterocycles. The van der Waals surface area contributed by atoms with Gasteiger partial charge in [0.1, 0.15) is 11.3 Å². The Hall–Kier alpha value is -3.85. The molecule has 0 amide bonds. The number of rotatable bonds is 7. The van der Waals surface area contributed by atoms with Gasteiger partial charge in [0.25, 0.3) is 5.56 Å². The van der Waals surface area contributed by atoms with Crippen LogP contribution in [0, 0.1) is 0 Å². The molecule has 0 atom stereocenters. The number of ether oxygens (including phenoxy) is 2. The summed E-state index contributed by atoms with van der Waals surface area (Å²) >= 11 is 1.23. The number of benzene rings is 2. The molecule has 8 nitrogen and oxygen atoms in total. The first-order valence-corrected chi connectivity index (χ1v) is 11.1. The molecule has 0 saturated heterocycles. The summed E-state index contributed by atoms with van der Waals surface area (Å²) in [5, 5.41) is 0.744. The van der Waals surface area contributed by atoms with Crippen molar-refractivity contribution in [3.63, 3.8) is 0 Å². The van der Waals surface area contributed by atoms with Crippen molar-refractivity contribution < 1.29 is 23.5 Å². The van der Waals surface area contributed by atoms with Crippen molar-refractivity contribution >= 4 is 34.6 Å². The van der Waals surface area contributed by atoms with Gasteiger partial charge in [0.15, 0.2) is 5.16 Å². The quantitative estimate of drug-likeness (QED) is 0.228. The summed E-state index contributed by atoms with van der Waals surface area (Å²) in [7, 11) is 1.29. The summed E-state index contributed by atoms with van der Waals surface area (Å²) in [5.41, 5.74) is 1.34. The molecule has 0 radical (unpaired) electrons. The van der Waals surface area contributed by atoms with E-state index in [1.54, 1.807) is 31.2 Å². The van der Waals surface area contributed by atoms with Gasteiger partial charge in [-0.25, -0.2) is 14.6 Å². The van der Waals surface area contributed by atoms with E-state index in [4.69, 9.17) is 13.9 Å². The molecule has 0 N–H and O–H groups in total. The molecule has 33 heavy (non-hydrogen) atoms. The number of fused-ring (bicyclic) bond motifs is 1. The zero-order valence-corrected chi connectivity index (χ0v) is 18.8. The number of methoxy groups -OCH3 is 1. The number of nitrogens with zero attached hydrogens (tertiary/aromatic N) is 2. The van der Waals surface area contributed by atoms with E-state index in [0.717, 1.165) is 0 Å². The topological polar surface area (TPSA) is 101 Å². The van der Waals surface area contributed by atoms with Gasteiger partial charge in [-0.3, -0.25) is 9.36 Å². The van der Waals surface area contributed by atoms with Crippen molar-refractivity contribution in [1.29, 1.82) is 0 Å². The number of carbonyl (C=O) groups excluding carboxylic acids is 2. The van der Waals surface area contributed by atoms with E-state index < -0.39 is 11.9 Å². The molecular weight excluding hydrogens is 444 g/mol. The average Bonchev–Trinajstić information content (AvgIpc) is 3.31. The summed E-state index contributed by atoms with van der Waals surface area (Å²) in [5.74, 6) is -0.343. The van der Waals surface area contributed by atoms with Gasteiger partial charge in [-0.15, -0.1) is 0 Å². The van der Waals surface area contributed by atoms with Gasteiger partial charge < -0.3 is 13.9 Å². The van der Waals surface area contributed by atoms with Gasteiger partial charge in [-0.05, 0) is 43.3 Å². The lowest BCUT2D eigenvalue weighted by Gasteiger charge is -2.13. The zero-order valence-electron chi connectivity index (χ0n) is 17.9. The van der Waals surface area contributed by atoms with E-state index in [1.807, 2.05) is 18.2 Å². The van der Waals surface area contributed by atoms with E-state index >= 15 is 0 Å². The molecule has 2 aromatic carbocycles. The highest BCUT2D eigenvalue weighted by Crippen LogP contribution is 2.27. The minimum absolute atomic E-state index is 0.239. The van der Waals surface area contributed by atoms with Crippen molar-refractivity contribution in [2.45, 2.75) is 17.8 Å². The summed E-state index contributed by atoms with van der Waals surface area (Å²) in [6.07, 6.45) is 1.42. The number of thioether (sulfide) groups is 1. The highest BCUT2D eigenvalue weighted by molar-refractivity contribution is 7.98. The molecule has 4 aromatic rings. The van der Waals surface area contributed by atoms with Gasteiger partial charge in [-0.2, -0.15) is 0 Å². The second-order valence-corrected chi connectivity index (χ2v) is 7.80. The fourth-order valence-electron chi connectivity index (χ4n) is 3.28. The summed E-state index contributed by atoms with van der Waals surface area (Å²) in [6, 6.07) is 15.3. The smallest absolute Gasteiger partial charge is 0.341 e. The van der Waals surface area contributed by atoms with E-state index in [9.17, 15) is 14.4 Å². The van der Waals surface area contributed by atoms with Gasteiger partial charge in [0, 0.05) is 0 Å². The number of carbonyl (C=O) groups is 2. The third-order valence-electron chi connectivity index (χ3n) is 4.85. The Morgan fingerprint density at radius 2 is 1.88 bits per heavy atom. The lowest BCUT2D eigenvalue weighted by Crippen LogP contribution is -2.22. The molecule has 0 aliphatic carbocycles. The van der Waals surface area contributed by atoms with Gasteiger partial charge in [0.05, 0.1) is 47.9 Å². The molecule has 0 aliphatic heterocycles. The molecule has 0 spiro atoms. The maximum atomic E-state index is 13.4. The Balaban J connectivity index is 1.80. The number of hydrogen-bond acceptors (Lipinski definition) is 8. The Bertz CT molecular complexity index is 1380. The third-order valence-corrected chi connectivity index (χ3v) is 5.79. The van der Waals surface area contributed by atoms with Crippen molar-refractivity contribution in [3.8, 4) is 5.69 Å². The standard InChI is InChI=1S/C24H20N2O6S/c1-3-31-23(29)18-11-12-32-20(18)14-33-24-25-19-13-15(22(28)30-2)9-10-17(19)21(27)26(24)16-7-5-4-6-8-16/h4-13H,3,14H2,1-2H3. The molecule has 0 saturated carbocycles. The Labute approximate surface area is 193 Å². The van der Waals surface area contributed by atoms with Crippen LogP contribution in [-0.2, 0) is 15.2 Å². The van der Waals surface area contributed by atoms with E-state index in [-0.39, 0.29) is 17.9 Å². The van der Waals surface area contributed by atoms with Crippen LogP contribution in [0.25, 0.3) is 16.6 Å². The Morgan fingerprint density at radius 3 is 2.61 bits per heavy atom. The van der Waals surface area contributed by atoms with Crippen molar-refractivity contribution in [1.82, 2.24) is 9.55 Å². The third kappa shape index (κ3) is 4.54. The molecule has 4 rings (SSSR count). The minimum atomic E-state index is -0.519. The molecule has 2 aromatic heterocycles. The lowest BCUT2D eigenvalue weighted by atomic mass is 10.1. The fourth-order valence-corrected chi connectivity index (χ4v) is 4.25. The number of esters is 2. The van der Waals surface area contributed by atoms with Crippen LogP contribution in [0.4, 0.5) is 0 Å². The highest BCUT2D eigenvalue weighted by Gasteiger charge is 2.19. The van der Waals surface area contributed by atoms with E-state index in [1.165, 1.54) is 41.8 Å². The molecule has 168 valence electrons. The molecule has 0 bridgehead atoms. The predicted octanol–water partition coefficient (Wildman–Crippen LogP) is 4.23. The largest absolute Gasteiger partial charge is 0.468 e. The second-order valence-electron chi connectivity index (χ2n) is 6.86. The number of furan rings is 1. The van der Waals surface area contributed by atoms with Crippen LogP contribution in [-0.4, -0.2) is 35.2 Å². The Kier molecular flexibility index (Phi) is 6.60. The van der Waals surface area contributed by atoms with E-state index in [0.29, 0.717) is 38.6 Å². The monoisotopic (exact) mass is 464 g/mol.